The molecule has 0 bridgehead atoms. The van der Waals surface area contributed by atoms with Crippen LogP contribution in [-0.2, 0) is 12.4 Å². The number of alkyl halides is 1. The van der Waals surface area contributed by atoms with Crippen molar-refractivity contribution < 1.29 is 4.39 Å². The van der Waals surface area contributed by atoms with Gasteiger partial charge in [0.25, 0.3) is 0 Å². The van der Waals surface area contributed by atoms with Gasteiger partial charge in [-0.05, 0) is 40.8 Å². The third-order valence-electron chi connectivity index (χ3n) is 4.46. The van der Waals surface area contributed by atoms with Crippen LogP contribution in [0.3, 0.4) is 0 Å². The second-order valence-corrected chi connectivity index (χ2v) is 6.98. The highest BCUT2D eigenvalue weighted by Crippen LogP contribution is 2.30. The molecule has 1 aromatic carbocycles. The molecule has 0 aliphatic heterocycles. The number of rotatable bonds is 5. The minimum Gasteiger partial charge on any atom is -0.327 e. The Bertz CT molecular complexity index is 635. The zero-order valence-electron chi connectivity index (χ0n) is 11.9. The van der Waals surface area contributed by atoms with Crippen molar-refractivity contribution in [2.24, 2.45) is 5.92 Å². The molecule has 1 saturated carbocycles. The third-order valence-corrected chi connectivity index (χ3v) is 5.30. The summed E-state index contributed by atoms with van der Waals surface area (Å²) in [5, 5.41) is 0. The predicted molar refractivity (Wildman–Crippen MR) is 88.1 cm³/mol. The lowest BCUT2D eigenvalue weighted by molar-refractivity contribution is 0.459. The van der Waals surface area contributed by atoms with Gasteiger partial charge in [0.15, 0.2) is 0 Å². The van der Waals surface area contributed by atoms with Gasteiger partial charge < -0.3 is 4.57 Å². The Morgan fingerprint density at radius 3 is 2.81 bits per heavy atom. The van der Waals surface area contributed by atoms with Crippen LogP contribution in [0.4, 0.5) is 4.39 Å². The summed E-state index contributed by atoms with van der Waals surface area (Å²) in [5.74, 6) is 1.80. The number of hydrogen-bond acceptors (Lipinski definition) is 1. The van der Waals surface area contributed by atoms with Gasteiger partial charge in [-0.3, -0.25) is 0 Å². The van der Waals surface area contributed by atoms with E-state index in [2.05, 4.69) is 25.5 Å². The molecule has 1 aliphatic rings. The summed E-state index contributed by atoms with van der Waals surface area (Å²) in [6.07, 6.45) is 7.93. The zero-order chi connectivity index (χ0) is 14.8. The lowest BCUT2D eigenvalue weighted by atomic mass is 10.0. The molecule has 0 saturated heterocycles. The molecular weight excluding hydrogens is 355 g/mol. The number of hydrogen-bond donors (Lipinski definition) is 0. The molecule has 1 aromatic heterocycles. The first kappa shape index (κ1) is 15.3. The summed E-state index contributed by atoms with van der Waals surface area (Å²) in [7, 11) is 0. The topological polar surface area (TPSA) is 17.8 Å². The van der Waals surface area contributed by atoms with E-state index < -0.39 is 0 Å². The molecule has 2 aromatic rings. The zero-order valence-corrected chi connectivity index (χ0v) is 14.3. The quantitative estimate of drug-likeness (QED) is 0.619. The van der Waals surface area contributed by atoms with Crippen molar-refractivity contribution in [2.45, 2.75) is 50.9 Å². The molecule has 5 heteroatoms. The van der Waals surface area contributed by atoms with E-state index in [1.165, 1.54) is 38.2 Å². The average molecular weight is 374 g/mol. The standard InChI is InChI=1S/C16H19BrClFN2/c17-12-8-15-14(9-13(12)19)20-16(10-18)21(15)7-3-6-11-4-1-2-5-11/h8-9,11H,1-7,10H2. The highest BCUT2D eigenvalue weighted by atomic mass is 79.9. The molecule has 2 nitrogen and oxygen atoms in total. The van der Waals surface area contributed by atoms with Crippen molar-refractivity contribution in [3.63, 3.8) is 0 Å². The summed E-state index contributed by atoms with van der Waals surface area (Å²) < 4.78 is 16.2. The number of fused-ring (bicyclic) bond motifs is 1. The molecule has 0 spiro atoms. The van der Waals surface area contributed by atoms with Crippen molar-refractivity contribution >= 4 is 38.6 Å². The molecule has 3 rings (SSSR count). The maximum atomic E-state index is 13.6. The second kappa shape index (κ2) is 6.66. The van der Waals surface area contributed by atoms with Gasteiger partial charge in [0.05, 0.1) is 21.4 Å². The summed E-state index contributed by atoms with van der Waals surface area (Å²) in [6, 6.07) is 3.28. The van der Waals surface area contributed by atoms with E-state index >= 15 is 0 Å². The first-order valence-corrected chi connectivity index (χ1v) is 8.92. The number of halogens is 3. The number of imidazole rings is 1. The minimum absolute atomic E-state index is 0.278. The summed E-state index contributed by atoms with van der Waals surface area (Å²) in [4.78, 5) is 4.45. The normalized spacial score (nSPS) is 16.1. The van der Waals surface area contributed by atoms with E-state index in [9.17, 15) is 4.39 Å². The van der Waals surface area contributed by atoms with Crippen LogP contribution in [0.5, 0.6) is 0 Å². The van der Waals surface area contributed by atoms with Crippen molar-refractivity contribution in [1.82, 2.24) is 9.55 Å². The average Bonchev–Trinajstić information content (AvgIpc) is 3.08. The van der Waals surface area contributed by atoms with Gasteiger partial charge in [-0.2, -0.15) is 0 Å². The largest absolute Gasteiger partial charge is 0.327 e. The van der Waals surface area contributed by atoms with Crippen molar-refractivity contribution in [2.75, 3.05) is 0 Å². The van der Waals surface area contributed by atoms with E-state index in [4.69, 9.17) is 11.6 Å². The molecule has 0 atom stereocenters. The monoisotopic (exact) mass is 372 g/mol. The first-order valence-electron chi connectivity index (χ1n) is 7.59. The van der Waals surface area contributed by atoms with Gasteiger partial charge in [0, 0.05) is 12.6 Å². The minimum atomic E-state index is -0.278. The van der Waals surface area contributed by atoms with Crippen LogP contribution in [-0.4, -0.2) is 9.55 Å². The maximum Gasteiger partial charge on any atom is 0.139 e. The first-order chi connectivity index (χ1) is 10.2. The van der Waals surface area contributed by atoms with Gasteiger partial charge in [-0.15, -0.1) is 11.6 Å². The highest BCUT2D eigenvalue weighted by Gasteiger charge is 2.16. The molecule has 0 amide bonds. The fourth-order valence-corrected chi connectivity index (χ4v) is 3.89. The van der Waals surface area contributed by atoms with Gasteiger partial charge in [0.1, 0.15) is 11.6 Å². The van der Waals surface area contributed by atoms with Crippen LogP contribution in [0.1, 0.15) is 44.3 Å². The van der Waals surface area contributed by atoms with E-state index in [0.717, 1.165) is 30.2 Å². The van der Waals surface area contributed by atoms with Crippen LogP contribution in [0.15, 0.2) is 16.6 Å². The Morgan fingerprint density at radius 2 is 2.10 bits per heavy atom. The summed E-state index contributed by atoms with van der Waals surface area (Å²) in [5.41, 5.74) is 1.65. The van der Waals surface area contributed by atoms with Crippen molar-refractivity contribution in [1.29, 1.82) is 0 Å². The van der Waals surface area contributed by atoms with Crippen LogP contribution in [0.2, 0.25) is 0 Å². The third kappa shape index (κ3) is 3.26. The Kier molecular flexibility index (Phi) is 4.85. The smallest absolute Gasteiger partial charge is 0.139 e. The van der Waals surface area contributed by atoms with Gasteiger partial charge in [-0.25, -0.2) is 9.37 Å². The lowest BCUT2D eigenvalue weighted by Gasteiger charge is -2.11. The van der Waals surface area contributed by atoms with E-state index in [-0.39, 0.29) is 5.82 Å². The molecule has 1 aliphatic carbocycles. The van der Waals surface area contributed by atoms with E-state index in [1.807, 2.05) is 6.07 Å². The molecular formula is C16H19BrClFN2. The Balaban J connectivity index is 1.80. The highest BCUT2D eigenvalue weighted by molar-refractivity contribution is 9.10. The van der Waals surface area contributed by atoms with E-state index in [1.54, 1.807) is 0 Å². The number of aromatic nitrogens is 2. The molecule has 114 valence electrons. The number of benzene rings is 1. The summed E-state index contributed by atoms with van der Waals surface area (Å²) in [6.45, 7) is 0.910. The van der Waals surface area contributed by atoms with Crippen molar-refractivity contribution in [3.8, 4) is 0 Å². The molecule has 21 heavy (non-hydrogen) atoms. The molecule has 0 unspecified atom stereocenters. The SMILES string of the molecule is Fc1cc2nc(CCl)n(CCCC3CCCC3)c2cc1Br. The van der Waals surface area contributed by atoms with Crippen LogP contribution in [0, 0.1) is 11.7 Å². The van der Waals surface area contributed by atoms with Crippen LogP contribution >= 0.6 is 27.5 Å². The van der Waals surface area contributed by atoms with E-state index in [0.29, 0.717) is 15.9 Å². The second-order valence-electron chi connectivity index (χ2n) is 5.86. The molecule has 0 radical (unpaired) electrons. The molecule has 1 fully saturated rings. The molecule has 0 N–H and O–H groups in total. The maximum absolute atomic E-state index is 13.6. The Morgan fingerprint density at radius 1 is 1.33 bits per heavy atom. The van der Waals surface area contributed by atoms with Crippen LogP contribution < -0.4 is 0 Å². The fraction of sp³-hybridized carbons (Fsp3) is 0.562. The number of aryl methyl sites for hydroxylation is 1. The van der Waals surface area contributed by atoms with Gasteiger partial charge >= 0.3 is 0 Å². The number of nitrogens with zero attached hydrogens (tertiary/aromatic N) is 2. The predicted octanol–water partition coefficient (Wildman–Crippen LogP) is 5.65. The Hall–Kier alpha value is -0.610. The fourth-order valence-electron chi connectivity index (χ4n) is 3.36. The molecule has 1 heterocycles. The lowest BCUT2D eigenvalue weighted by Crippen LogP contribution is -2.04. The van der Waals surface area contributed by atoms with Crippen molar-refractivity contribution in [3.05, 3.63) is 28.2 Å². The Labute approximate surface area is 137 Å². The van der Waals surface area contributed by atoms with Gasteiger partial charge in [-0.1, -0.05) is 25.7 Å². The van der Waals surface area contributed by atoms with Crippen LogP contribution in [0.25, 0.3) is 11.0 Å². The summed E-state index contributed by atoms with van der Waals surface area (Å²) >= 11 is 9.25. The van der Waals surface area contributed by atoms with Gasteiger partial charge in [0.2, 0.25) is 0 Å².